The summed E-state index contributed by atoms with van der Waals surface area (Å²) in [6.07, 6.45) is 0.416. The van der Waals surface area contributed by atoms with E-state index < -0.39 is 5.97 Å². The third-order valence-electron chi connectivity index (χ3n) is 1.35. The fourth-order valence-corrected chi connectivity index (χ4v) is 0.848. The molecule has 6 nitrogen and oxygen atoms in total. The first-order valence-electron chi connectivity index (χ1n) is 3.94. The van der Waals surface area contributed by atoms with Crippen molar-refractivity contribution in [2.45, 2.75) is 6.92 Å². The zero-order valence-corrected chi connectivity index (χ0v) is 7.56. The average molecular weight is 195 g/mol. The van der Waals surface area contributed by atoms with Crippen molar-refractivity contribution in [2.24, 2.45) is 0 Å². The van der Waals surface area contributed by atoms with Gasteiger partial charge in [0.15, 0.2) is 17.8 Å². The Kier molecular flexibility index (Phi) is 3.11. The van der Waals surface area contributed by atoms with Crippen molar-refractivity contribution >= 4 is 18.1 Å². The SMILES string of the molecule is CCOC(=O)c1cc(N)nc(C=O)n1. The Hall–Kier alpha value is -1.98. The van der Waals surface area contributed by atoms with Crippen LogP contribution in [0.5, 0.6) is 0 Å². The molecule has 74 valence electrons. The van der Waals surface area contributed by atoms with Gasteiger partial charge in [-0.25, -0.2) is 14.8 Å². The van der Waals surface area contributed by atoms with E-state index in [1.54, 1.807) is 6.92 Å². The Bertz CT molecular complexity index is 365. The summed E-state index contributed by atoms with van der Waals surface area (Å²) in [5, 5.41) is 0. The molecule has 0 saturated carbocycles. The lowest BCUT2D eigenvalue weighted by atomic mass is 10.4. The highest BCUT2D eigenvalue weighted by Crippen LogP contribution is 2.03. The van der Waals surface area contributed by atoms with E-state index in [1.807, 2.05) is 0 Å². The smallest absolute Gasteiger partial charge is 0.357 e. The molecule has 6 heteroatoms. The van der Waals surface area contributed by atoms with Gasteiger partial charge in [-0.2, -0.15) is 0 Å². The second-order valence-electron chi connectivity index (χ2n) is 2.37. The second-order valence-corrected chi connectivity index (χ2v) is 2.37. The summed E-state index contributed by atoms with van der Waals surface area (Å²) < 4.78 is 4.68. The first-order chi connectivity index (χ1) is 6.67. The molecule has 1 heterocycles. The summed E-state index contributed by atoms with van der Waals surface area (Å²) >= 11 is 0. The van der Waals surface area contributed by atoms with Crippen LogP contribution in [0.15, 0.2) is 6.07 Å². The number of carbonyl (C=O) groups is 2. The van der Waals surface area contributed by atoms with Gasteiger partial charge in [0.2, 0.25) is 0 Å². The average Bonchev–Trinajstić information content (AvgIpc) is 2.17. The van der Waals surface area contributed by atoms with Crippen LogP contribution in [0.25, 0.3) is 0 Å². The van der Waals surface area contributed by atoms with E-state index >= 15 is 0 Å². The number of esters is 1. The number of aldehydes is 1. The highest BCUT2D eigenvalue weighted by molar-refractivity contribution is 5.88. The van der Waals surface area contributed by atoms with Crippen LogP contribution in [0.3, 0.4) is 0 Å². The molecule has 1 aromatic rings. The lowest BCUT2D eigenvalue weighted by molar-refractivity contribution is 0.0519. The number of ether oxygens (including phenoxy) is 1. The van der Waals surface area contributed by atoms with Gasteiger partial charge in [0, 0.05) is 6.07 Å². The van der Waals surface area contributed by atoms with Crippen LogP contribution >= 0.6 is 0 Å². The lowest BCUT2D eigenvalue weighted by Crippen LogP contribution is -2.11. The molecule has 0 aliphatic rings. The Morgan fingerprint density at radius 3 is 2.93 bits per heavy atom. The zero-order chi connectivity index (χ0) is 10.6. The van der Waals surface area contributed by atoms with Crippen molar-refractivity contribution in [1.29, 1.82) is 0 Å². The first-order valence-corrected chi connectivity index (χ1v) is 3.94. The molecule has 0 radical (unpaired) electrons. The van der Waals surface area contributed by atoms with Crippen LogP contribution in [-0.4, -0.2) is 28.8 Å². The number of rotatable bonds is 3. The fraction of sp³-hybridized carbons (Fsp3) is 0.250. The molecule has 14 heavy (non-hydrogen) atoms. The molecular weight excluding hydrogens is 186 g/mol. The van der Waals surface area contributed by atoms with Gasteiger partial charge in [-0.05, 0) is 6.92 Å². The summed E-state index contributed by atoms with van der Waals surface area (Å²) in [5.41, 5.74) is 5.34. The maximum Gasteiger partial charge on any atom is 0.357 e. The molecule has 0 saturated heterocycles. The van der Waals surface area contributed by atoms with E-state index in [0.29, 0.717) is 6.29 Å². The maximum atomic E-state index is 11.2. The van der Waals surface area contributed by atoms with E-state index in [4.69, 9.17) is 5.73 Å². The van der Waals surface area contributed by atoms with E-state index in [0.717, 1.165) is 0 Å². The normalized spacial score (nSPS) is 9.50. The van der Waals surface area contributed by atoms with Crippen LogP contribution in [0, 0.1) is 0 Å². The molecule has 0 amide bonds. The minimum atomic E-state index is -0.621. The van der Waals surface area contributed by atoms with Crippen LogP contribution in [0.2, 0.25) is 0 Å². The highest BCUT2D eigenvalue weighted by Gasteiger charge is 2.10. The summed E-state index contributed by atoms with van der Waals surface area (Å²) in [5.74, 6) is -0.692. The molecule has 0 aliphatic heterocycles. The Balaban J connectivity index is 3.02. The minimum Gasteiger partial charge on any atom is -0.461 e. The molecule has 0 aliphatic carbocycles. The number of hydrogen-bond acceptors (Lipinski definition) is 6. The van der Waals surface area contributed by atoms with Crippen molar-refractivity contribution < 1.29 is 14.3 Å². The third kappa shape index (κ3) is 2.25. The molecule has 1 aromatic heterocycles. The van der Waals surface area contributed by atoms with Gasteiger partial charge < -0.3 is 10.5 Å². The predicted octanol–water partition coefficient (Wildman–Crippen LogP) is 0.0480. The van der Waals surface area contributed by atoms with Crippen molar-refractivity contribution in [3.05, 3.63) is 17.6 Å². The molecule has 0 spiro atoms. The largest absolute Gasteiger partial charge is 0.461 e. The van der Waals surface area contributed by atoms with E-state index in [2.05, 4.69) is 14.7 Å². The molecular formula is C8H9N3O3. The molecule has 0 aromatic carbocycles. The number of nitrogens with zero attached hydrogens (tertiary/aromatic N) is 2. The van der Waals surface area contributed by atoms with Gasteiger partial charge in [0.1, 0.15) is 5.82 Å². The van der Waals surface area contributed by atoms with Gasteiger partial charge in [0.25, 0.3) is 0 Å². The van der Waals surface area contributed by atoms with Crippen molar-refractivity contribution in [2.75, 3.05) is 12.3 Å². The van der Waals surface area contributed by atoms with Crippen molar-refractivity contribution in [3.63, 3.8) is 0 Å². The predicted molar refractivity (Wildman–Crippen MR) is 47.8 cm³/mol. The summed E-state index contributed by atoms with van der Waals surface area (Å²) in [6.45, 7) is 1.91. The number of nitrogens with two attached hydrogens (primary N) is 1. The molecule has 0 fully saturated rings. The summed E-state index contributed by atoms with van der Waals surface area (Å²) in [7, 11) is 0. The Morgan fingerprint density at radius 2 is 2.36 bits per heavy atom. The second kappa shape index (κ2) is 4.31. The topological polar surface area (TPSA) is 95.2 Å². The molecule has 2 N–H and O–H groups in total. The van der Waals surface area contributed by atoms with E-state index in [-0.39, 0.29) is 23.9 Å². The monoisotopic (exact) mass is 195 g/mol. The molecule has 0 atom stereocenters. The number of anilines is 1. The number of aromatic nitrogens is 2. The quantitative estimate of drug-likeness (QED) is 0.540. The molecule has 0 unspecified atom stereocenters. The maximum absolute atomic E-state index is 11.2. The molecule has 0 bridgehead atoms. The van der Waals surface area contributed by atoms with Gasteiger partial charge in [-0.15, -0.1) is 0 Å². The van der Waals surface area contributed by atoms with Crippen LogP contribution in [0.1, 0.15) is 28.0 Å². The highest BCUT2D eigenvalue weighted by atomic mass is 16.5. The van der Waals surface area contributed by atoms with Gasteiger partial charge in [-0.1, -0.05) is 0 Å². The number of hydrogen-bond donors (Lipinski definition) is 1. The standard InChI is InChI=1S/C8H9N3O3/c1-2-14-8(13)5-3-6(9)11-7(4-12)10-5/h3-4H,2H2,1H3,(H2,9,10,11). The van der Waals surface area contributed by atoms with Crippen molar-refractivity contribution in [3.8, 4) is 0 Å². The third-order valence-corrected chi connectivity index (χ3v) is 1.35. The fourth-order valence-electron chi connectivity index (χ4n) is 0.848. The van der Waals surface area contributed by atoms with Crippen LogP contribution < -0.4 is 5.73 Å². The molecule has 1 rings (SSSR count). The van der Waals surface area contributed by atoms with Crippen molar-refractivity contribution in [1.82, 2.24) is 9.97 Å². The first kappa shape index (κ1) is 10.1. The summed E-state index contributed by atoms with van der Waals surface area (Å²) in [4.78, 5) is 28.8. The lowest BCUT2D eigenvalue weighted by Gasteiger charge is -2.01. The summed E-state index contributed by atoms with van der Waals surface area (Å²) in [6, 6.07) is 1.25. The van der Waals surface area contributed by atoms with E-state index in [9.17, 15) is 9.59 Å². The van der Waals surface area contributed by atoms with Crippen LogP contribution in [-0.2, 0) is 4.74 Å². The van der Waals surface area contributed by atoms with Gasteiger partial charge in [0.05, 0.1) is 6.61 Å². The van der Waals surface area contributed by atoms with Gasteiger partial charge >= 0.3 is 5.97 Å². The van der Waals surface area contributed by atoms with Crippen LogP contribution in [0.4, 0.5) is 5.82 Å². The number of nitrogen functional groups attached to an aromatic ring is 1. The minimum absolute atomic E-state index is 0.0125. The van der Waals surface area contributed by atoms with Gasteiger partial charge in [-0.3, -0.25) is 4.79 Å². The Morgan fingerprint density at radius 1 is 1.64 bits per heavy atom. The zero-order valence-electron chi connectivity index (χ0n) is 7.56. The number of carbonyl (C=O) groups excluding carboxylic acids is 2. The van der Waals surface area contributed by atoms with E-state index in [1.165, 1.54) is 6.07 Å². The Labute approximate surface area is 80.1 Å².